The maximum Gasteiger partial charge on any atom is 0.193 e. The molecule has 3 aromatic rings. The maximum absolute atomic E-state index is 12.3. The number of carbonyl (C=O) groups is 1. The van der Waals surface area contributed by atoms with Crippen LogP contribution in [0.4, 0.5) is 0 Å². The predicted octanol–water partition coefficient (Wildman–Crippen LogP) is 3.51. The van der Waals surface area contributed by atoms with E-state index >= 15 is 0 Å². The van der Waals surface area contributed by atoms with E-state index in [1.54, 1.807) is 30.5 Å². The molecular weight excluding hydrogens is 260 g/mol. The summed E-state index contributed by atoms with van der Waals surface area (Å²) in [5.41, 5.74) is 1.91. The first kappa shape index (κ1) is 11.8. The highest BCUT2D eigenvalue weighted by molar-refractivity contribution is 6.30. The van der Waals surface area contributed by atoms with Gasteiger partial charge in [0.2, 0.25) is 0 Å². The summed E-state index contributed by atoms with van der Waals surface area (Å²) in [6.07, 6.45) is 3.23. The van der Waals surface area contributed by atoms with Gasteiger partial charge in [-0.2, -0.15) is 0 Å². The monoisotopic (exact) mass is 268 g/mol. The zero-order valence-corrected chi connectivity index (χ0v) is 10.6. The van der Waals surface area contributed by atoms with Crippen LogP contribution in [-0.2, 0) is 0 Å². The molecule has 0 radical (unpaired) electrons. The largest absolute Gasteiger partial charge is 0.289 e. The van der Waals surface area contributed by atoms with E-state index in [4.69, 9.17) is 11.6 Å². The first-order chi connectivity index (χ1) is 9.24. The summed E-state index contributed by atoms with van der Waals surface area (Å²) in [6.45, 7) is 0. The molecule has 0 aliphatic heterocycles. The Morgan fingerprint density at radius 2 is 1.79 bits per heavy atom. The molecule has 3 rings (SSSR count). The molecular formula is C15H9ClN2O. The van der Waals surface area contributed by atoms with Crippen molar-refractivity contribution in [1.29, 1.82) is 0 Å². The molecule has 0 spiro atoms. The lowest BCUT2D eigenvalue weighted by Crippen LogP contribution is -2.01. The fourth-order valence-corrected chi connectivity index (χ4v) is 2.09. The first-order valence-corrected chi connectivity index (χ1v) is 6.13. The molecule has 1 aromatic carbocycles. The van der Waals surface area contributed by atoms with Crippen LogP contribution >= 0.6 is 11.6 Å². The molecule has 2 heterocycles. The number of hydrogen-bond acceptors (Lipinski definition) is 3. The van der Waals surface area contributed by atoms with E-state index in [1.165, 1.54) is 6.20 Å². The van der Waals surface area contributed by atoms with Gasteiger partial charge in [0.05, 0.1) is 5.52 Å². The second-order valence-electron chi connectivity index (χ2n) is 4.11. The smallest absolute Gasteiger partial charge is 0.193 e. The Bertz CT molecular complexity index is 771. The van der Waals surface area contributed by atoms with Crippen LogP contribution in [0.15, 0.2) is 54.9 Å². The number of pyridine rings is 2. The minimum absolute atomic E-state index is 0.0862. The maximum atomic E-state index is 12.3. The molecule has 0 atom stereocenters. The summed E-state index contributed by atoms with van der Waals surface area (Å²) in [5.74, 6) is -0.0862. The Morgan fingerprint density at radius 3 is 2.63 bits per heavy atom. The van der Waals surface area contributed by atoms with Crippen LogP contribution in [0, 0.1) is 0 Å². The lowest BCUT2D eigenvalue weighted by molar-refractivity contribution is 0.103. The molecule has 2 aromatic heterocycles. The molecule has 0 unspecified atom stereocenters. The molecule has 3 nitrogen and oxygen atoms in total. The van der Waals surface area contributed by atoms with Gasteiger partial charge in [-0.1, -0.05) is 29.8 Å². The Morgan fingerprint density at radius 1 is 0.947 bits per heavy atom. The normalized spacial score (nSPS) is 10.6. The van der Waals surface area contributed by atoms with Crippen LogP contribution in [-0.4, -0.2) is 15.8 Å². The highest BCUT2D eigenvalue weighted by Gasteiger charge is 2.10. The van der Waals surface area contributed by atoms with Gasteiger partial charge in [0.1, 0.15) is 5.15 Å². The molecule has 0 aliphatic rings. The number of hydrogen-bond donors (Lipinski definition) is 0. The van der Waals surface area contributed by atoms with Gasteiger partial charge in [-0.05, 0) is 24.3 Å². The van der Waals surface area contributed by atoms with Gasteiger partial charge in [0.15, 0.2) is 5.78 Å². The minimum Gasteiger partial charge on any atom is -0.289 e. The van der Waals surface area contributed by atoms with Gasteiger partial charge in [-0.15, -0.1) is 0 Å². The second kappa shape index (κ2) is 4.78. The topological polar surface area (TPSA) is 42.9 Å². The van der Waals surface area contributed by atoms with Crippen molar-refractivity contribution in [3.8, 4) is 0 Å². The molecule has 92 valence electrons. The van der Waals surface area contributed by atoms with Crippen LogP contribution in [0.5, 0.6) is 0 Å². The first-order valence-electron chi connectivity index (χ1n) is 5.75. The zero-order valence-electron chi connectivity index (χ0n) is 9.88. The van der Waals surface area contributed by atoms with Crippen molar-refractivity contribution in [2.45, 2.75) is 0 Å². The quantitative estimate of drug-likeness (QED) is 0.528. The summed E-state index contributed by atoms with van der Waals surface area (Å²) < 4.78 is 0. The van der Waals surface area contributed by atoms with E-state index in [2.05, 4.69) is 9.97 Å². The van der Waals surface area contributed by atoms with E-state index in [9.17, 15) is 4.79 Å². The highest BCUT2D eigenvalue weighted by Crippen LogP contribution is 2.17. The molecule has 0 saturated heterocycles. The number of halogens is 1. The lowest BCUT2D eigenvalue weighted by atomic mass is 10.0. The third kappa shape index (κ3) is 2.33. The van der Waals surface area contributed by atoms with E-state index < -0.39 is 0 Å². The number of nitrogens with zero attached hydrogens (tertiary/aromatic N) is 2. The van der Waals surface area contributed by atoms with Crippen LogP contribution in [0.3, 0.4) is 0 Å². The number of aromatic nitrogens is 2. The SMILES string of the molecule is O=C(c1ccnc(Cl)c1)c1ccc2cccnc2c1. The molecule has 4 heteroatoms. The summed E-state index contributed by atoms with van der Waals surface area (Å²) in [5, 5.41) is 1.32. The van der Waals surface area contributed by atoms with Crippen molar-refractivity contribution in [1.82, 2.24) is 9.97 Å². The fourth-order valence-electron chi connectivity index (χ4n) is 1.92. The van der Waals surface area contributed by atoms with Crippen molar-refractivity contribution in [3.63, 3.8) is 0 Å². The number of rotatable bonds is 2. The van der Waals surface area contributed by atoms with Gasteiger partial charge >= 0.3 is 0 Å². The highest BCUT2D eigenvalue weighted by atomic mass is 35.5. The van der Waals surface area contributed by atoms with Crippen LogP contribution in [0.1, 0.15) is 15.9 Å². The van der Waals surface area contributed by atoms with Gasteiger partial charge < -0.3 is 0 Å². The van der Waals surface area contributed by atoms with Crippen molar-refractivity contribution in [2.24, 2.45) is 0 Å². The van der Waals surface area contributed by atoms with Gasteiger partial charge in [0.25, 0.3) is 0 Å². The Kier molecular flexibility index (Phi) is 2.97. The number of fused-ring (bicyclic) bond motifs is 1. The van der Waals surface area contributed by atoms with E-state index in [0.717, 1.165) is 10.9 Å². The van der Waals surface area contributed by atoms with E-state index in [-0.39, 0.29) is 5.78 Å². The van der Waals surface area contributed by atoms with Crippen LogP contribution in [0.2, 0.25) is 5.15 Å². The number of carbonyl (C=O) groups excluding carboxylic acids is 1. The number of ketones is 1. The minimum atomic E-state index is -0.0862. The third-order valence-corrected chi connectivity index (χ3v) is 3.06. The summed E-state index contributed by atoms with van der Waals surface area (Å²) in [4.78, 5) is 20.4. The molecule has 0 fully saturated rings. The third-order valence-electron chi connectivity index (χ3n) is 2.86. The van der Waals surface area contributed by atoms with Crippen LogP contribution in [0.25, 0.3) is 10.9 Å². The second-order valence-corrected chi connectivity index (χ2v) is 4.49. The summed E-state index contributed by atoms with van der Waals surface area (Å²) >= 11 is 5.80. The Balaban J connectivity index is 2.06. The van der Waals surface area contributed by atoms with E-state index in [1.807, 2.05) is 18.2 Å². The Hall–Kier alpha value is -2.26. The van der Waals surface area contributed by atoms with Gasteiger partial charge in [0, 0.05) is 28.9 Å². The van der Waals surface area contributed by atoms with Crippen molar-refractivity contribution in [2.75, 3.05) is 0 Å². The van der Waals surface area contributed by atoms with Gasteiger partial charge in [-0.25, -0.2) is 4.98 Å². The molecule has 19 heavy (non-hydrogen) atoms. The standard InChI is InChI=1S/C15H9ClN2O/c16-14-9-12(5-7-18-14)15(19)11-4-3-10-2-1-6-17-13(10)8-11/h1-9H. The molecule has 0 saturated carbocycles. The molecule has 0 aliphatic carbocycles. The Labute approximate surface area is 114 Å². The average molecular weight is 269 g/mol. The lowest BCUT2D eigenvalue weighted by Gasteiger charge is -2.03. The summed E-state index contributed by atoms with van der Waals surface area (Å²) in [7, 11) is 0. The molecule has 0 N–H and O–H groups in total. The van der Waals surface area contributed by atoms with Crippen molar-refractivity contribution < 1.29 is 4.79 Å². The molecule has 0 bridgehead atoms. The van der Waals surface area contributed by atoms with Gasteiger partial charge in [-0.3, -0.25) is 9.78 Å². The van der Waals surface area contributed by atoms with Crippen LogP contribution < -0.4 is 0 Å². The van der Waals surface area contributed by atoms with Crippen molar-refractivity contribution >= 4 is 28.3 Å². The van der Waals surface area contributed by atoms with E-state index in [0.29, 0.717) is 16.3 Å². The number of benzene rings is 1. The fraction of sp³-hybridized carbons (Fsp3) is 0. The molecule has 0 amide bonds. The van der Waals surface area contributed by atoms with Crippen molar-refractivity contribution in [3.05, 3.63) is 71.1 Å². The average Bonchev–Trinajstić information content (AvgIpc) is 2.46. The predicted molar refractivity (Wildman–Crippen MR) is 74.4 cm³/mol. The summed E-state index contributed by atoms with van der Waals surface area (Å²) in [6, 6.07) is 12.5. The zero-order chi connectivity index (χ0) is 13.2.